The molecule has 4 heterocycles. The first-order valence-corrected chi connectivity index (χ1v) is 11.3. The van der Waals surface area contributed by atoms with Crippen molar-refractivity contribution in [2.24, 2.45) is 0 Å². The molecule has 1 saturated heterocycles. The minimum absolute atomic E-state index is 0.0647. The van der Waals surface area contributed by atoms with Gasteiger partial charge >= 0.3 is 0 Å². The quantitative estimate of drug-likeness (QED) is 0.622. The molecule has 0 radical (unpaired) electrons. The number of hydrogen-bond acceptors (Lipinski definition) is 5. The summed E-state index contributed by atoms with van der Waals surface area (Å²) >= 11 is 0. The number of aryl methyl sites for hydroxylation is 1. The highest BCUT2D eigenvalue weighted by Gasteiger charge is 2.18. The Kier molecular flexibility index (Phi) is 6.85. The highest BCUT2D eigenvalue weighted by molar-refractivity contribution is 5.95. The first-order chi connectivity index (χ1) is 15.5. The van der Waals surface area contributed by atoms with Crippen LogP contribution in [0.5, 0.6) is 0 Å². The predicted molar refractivity (Wildman–Crippen MR) is 127 cm³/mol. The lowest BCUT2D eigenvalue weighted by Gasteiger charge is -2.34. The van der Waals surface area contributed by atoms with Crippen LogP contribution < -0.4 is 10.2 Å². The van der Waals surface area contributed by atoms with Gasteiger partial charge < -0.3 is 19.7 Å². The molecule has 1 aliphatic heterocycles. The van der Waals surface area contributed by atoms with Crippen LogP contribution in [0.15, 0.2) is 48.8 Å². The third kappa shape index (κ3) is 4.99. The molecular formula is C25H32N6O. The molecule has 1 aliphatic rings. The van der Waals surface area contributed by atoms with Crippen molar-refractivity contribution in [2.45, 2.75) is 33.9 Å². The maximum Gasteiger partial charge on any atom is 0.253 e. The topological polar surface area (TPSA) is 66.3 Å². The zero-order chi connectivity index (χ0) is 22.5. The van der Waals surface area contributed by atoms with E-state index in [1.54, 1.807) is 6.20 Å². The number of anilines is 1. The number of pyridine rings is 2. The van der Waals surface area contributed by atoms with Crippen molar-refractivity contribution in [1.29, 1.82) is 0 Å². The smallest absolute Gasteiger partial charge is 0.253 e. The Morgan fingerprint density at radius 1 is 1.06 bits per heavy atom. The van der Waals surface area contributed by atoms with Crippen molar-refractivity contribution < 1.29 is 4.79 Å². The van der Waals surface area contributed by atoms with Crippen LogP contribution in [0.1, 0.15) is 39.9 Å². The van der Waals surface area contributed by atoms with E-state index in [2.05, 4.69) is 48.7 Å². The van der Waals surface area contributed by atoms with E-state index in [0.29, 0.717) is 18.7 Å². The highest BCUT2D eigenvalue weighted by atomic mass is 16.1. The zero-order valence-corrected chi connectivity index (χ0v) is 19.2. The summed E-state index contributed by atoms with van der Waals surface area (Å²) in [5.41, 5.74) is 4.68. The van der Waals surface area contributed by atoms with Crippen LogP contribution in [-0.4, -0.2) is 58.1 Å². The van der Waals surface area contributed by atoms with E-state index in [-0.39, 0.29) is 5.91 Å². The average Bonchev–Trinajstić information content (AvgIpc) is 3.12. The van der Waals surface area contributed by atoms with Gasteiger partial charge in [-0.05, 0) is 50.2 Å². The molecule has 3 aromatic rings. The van der Waals surface area contributed by atoms with Gasteiger partial charge in [0.2, 0.25) is 0 Å². The number of rotatable bonds is 7. The molecule has 168 valence electrons. The Morgan fingerprint density at radius 2 is 1.88 bits per heavy atom. The molecule has 0 spiro atoms. The molecule has 0 atom stereocenters. The first-order valence-electron chi connectivity index (χ1n) is 11.3. The fourth-order valence-electron chi connectivity index (χ4n) is 4.21. The molecule has 1 N–H and O–H groups in total. The van der Waals surface area contributed by atoms with E-state index in [1.807, 2.05) is 44.3 Å². The number of hydrogen-bond donors (Lipinski definition) is 1. The Labute approximate surface area is 190 Å². The summed E-state index contributed by atoms with van der Waals surface area (Å²) in [7, 11) is 0. The largest absolute Gasteiger partial charge is 0.354 e. The summed E-state index contributed by atoms with van der Waals surface area (Å²) in [6.07, 6.45) is 3.66. The minimum atomic E-state index is -0.0647. The Balaban J connectivity index is 1.35. The molecule has 0 aromatic carbocycles. The molecule has 0 bridgehead atoms. The zero-order valence-electron chi connectivity index (χ0n) is 19.2. The van der Waals surface area contributed by atoms with E-state index in [1.165, 1.54) is 0 Å². The van der Waals surface area contributed by atoms with Crippen LogP contribution in [0.2, 0.25) is 0 Å². The summed E-state index contributed by atoms with van der Waals surface area (Å²) in [5, 5.41) is 3.04. The van der Waals surface area contributed by atoms with Crippen LogP contribution in [0.3, 0.4) is 0 Å². The summed E-state index contributed by atoms with van der Waals surface area (Å²) in [6, 6.07) is 11.9. The van der Waals surface area contributed by atoms with Gasteiger partial charge in [0.05, 0.1) is 17.8 Å². The van der Waals surface area contributed by atoms with E-state index in [9.17, 15) is 4.79 Å². The second-order valence-corrected chi connectivity index (χ2v) is 8.32. The molecule has 0 saturated carbocycles. The number of carbonyl (C=O) groups excluding carboxylic acids is 1. The first kappa shape index (κ1) is 22.0. The van der Waals surface area contributed by atoms with Crippen molar-refractivity contribution >= 4 is 11.7 Å². The summed E-state index contributed by atoms with van der Waals surface area (Å²) < 4.78 is 2.13. The number of likely N-dealkylation sites (N-methyl/N-ethyl adjacent to an activating group) is 1. The van der Waals surface area contributed by atoms with Gasteiger partial charge in [-0.1, -0.05) is 19.1 Å². The molecule has 32 heavy (non-hydrogen) atoms. The van der Waals surface area contributed by atoms with E-state index in [0.717, 1.165) is 61.2 Å². The van der Waals surface area contributed by atoms with Crippen molar-refractivity contribution in [3.8, 4) is 0 Å². The van der Waals surface area contributed by atoms with E-state index >= 15 is 0 Å². The van der Waals surface area contributed by atoms with Crippen LogP contribution in [0, 0.1) is 13.8 Å². The van der Waals surface area contributed by atoms with Gasteiger partial charge in [-0.15, -0.1) is 0 Å². The average molecular weight is 433 g/mol. The maximum absolute atomic E-state index is 12.9. The van der Waals surface area contributed by atoms with Crippen LogP contribution >= 0.6 is 0 Å². The second-order valence-electron chi connectivity index (χ2n) is 8.32. The number of nitrogens with one attached hydrogen (secondary N) is 1. The Hall–Kier alpha value is -3.19. The van der Waals surface area contributed by atoms with Gasteiger partial charge in [0.25, 0.3) is 5.91 Å². The molecule has 3 aromatic heterocycles. The van der Waals surface area contributed by atoms with Gasteiger partial charge in [-0.25, -0.2) is 4.98 Å². The van der Waals surface area contributed by atoms with Gasteiger partial charge in [-0.2, -0.15) is 0 Å². The van der Waals surface area contributed by atoms with Gasteiger partial charge in [0.1, 0.15) is 5.82 Å². The van der Waals surface area contributed by atoms with Gasteiger partial charge in [0.15, 0.2) is 0 Å². The van der Waals surface area contributed by atoms with Gasteiger partial charge in [-0.3, -0.25) is 9.78 Å². The molecule has 7 heteroatoms. The molecule has 0 aliphatic carbocycles. The van der Waals surface area contributed by atoms with Crippen molar-refractivity contribution in [3.05, 3.63) is 77.0 Å². The maximum atomic E-state index is 12.9. The molecule has 1 amide bonds. The van der Waals surface area contributed by atoms with Crippen molar-refractivity contribution in [3.63, 3.8) is 0 Å². The highest BCUT2D eigenvalue weighted by Crippen LogP contribution is 2.17. The fraction of sp³-hybridized carbons (Fsp3) is 0.400. The van der Waals surface area contributed by atoms with E-state index in [4.69, 9.17) is 0 Å². The van der Waals surface area contributed by atoms with Crippen LogP contribution in [-0.2, 0) is 13.1 Å². The van der Waals surface area contributed by atoms with Crippen molar-refractivity contribution in [2.75, 3.05) is 37.6 Å². The molecular weight excluding hydrogens is 400 g/mol. The van der Waals surface area contributed by atoms with E-state index < -0.39 is 0 Å². The second kappa shape index (κ2) is 9.96. The number of aromatic nitrogens is 3. The van der Waals surface area contributed by atoms with Crippen molar-refractivity contribution in [1.82, 2.24) is 24.8 Å². The third-order valence-electron chi connectivity index (χ3n) is 6.27. The number of piperazine rings is 1. The van der Waals surface area contributed by atoms with Crippen LogP contribution in [0.4, 0.5) is 5.82 Å². The molecule has 0 unspecified atom stereocenters. The standard InChI is InChI=1S/C25H32N6O/c1-4-29-11-13-30(14-12-29)24-9-8-21(16-27-24)17-28-25(32)23-15-19(2)31(20(23)3)18-22-7-5-6-10-26-22/h5-10,15-16H,4,11-14,17-18H2,1-3H3,(H,28,32). The number of nitrogens with zero attached hydrogens (tertiary/aromatic N) is 5. The Bertz CT molecular complexity index is 1040. The SMILES string of the molecule is CCN1CCN(c2ccc(CNC(=O)c3cc(C)n(Cc4ccccn4)c3C)cn2)CC1. The third-order valence-corrected chi connectivity index (χ3v) is 6.27. The lowest BCUT2D eigenvalue weighted by Crippen LogP contribution is -2.46. The summed E-state index contributed by atoms with van der Waals surface area (Å²) in [6.45, 7) is 12.6. The minimum Gasteiger partial charge on any atom is -0.354 e. The number of carbonyl (C=O) groups is 1. The fourth-order valence-corrected chi connectivity index (χ4v) is 4.21. The summed E-state index contributed by atoms with van der Waals surface area (Å²) in [4.78, 5) is 26.7. The molecule has 1 fully saturated rings. The summed E-state index contributed by atoms with van der Waals surface area (Å²) in [5.74, 6) is 0.944. The number of amides is 1. The monoisotopic (exact) mass is 432 g/mol. The Morgan fingerprint density at radius 3 is 2.53 bits per heavy atom. The lowest BCUT2D eigenvalue weighted by molar-refractivity contribution is 0.0950. The van der Waals surface area contributed by atoms with Crippen LogP contribution in [0.25, 0.3) is 0 Å². The van der Waals surface area contributed by atoms with Gasteiger partial charge in [0, 0.05) is 56.5 Å². The molecule has 7 nitrogen and oxygen atoms in total. The molecule has 4 rings (SSSR count). The normalized spacial score (nSPS) is 14.5. The lowest BCUT2D eigenvalue weighted by atomic mass is 10.2. The predicted octanol–water partition coefficient (Wildman–Crippen LogP) is 3.02.